The van der Waals surface area contributed by atoms with Gasteiger partial charge in [0, 0.05) is 46.1 Å². The van der Waals surface area contributed by atoms with Crippen molar-refractivity contribution in [2.24, 2.45) is 20.0 Å². The van der Waals surface area contributed by atoms with E-state index >= 15 is 0 Å². The summed E-state index contributed by atoms with van der Waals surface area (Å²) in [5.74, 6) is -0.279. The Balaban J connectivity index is 1.27. The molecule has 172 valence electrons. The van der Waals surface area contributed by atoms with Crippen molar-refractivity contribution >= 4 is 28.5 Å². The summed E-state index contributed by atoms with van der Waals surface area (Å²) in [6.45, 7) is 1.93. The Labute approximate surface area is 191 Å². The molecule has 2 aliphatic rings. The first kappa shape index (κ1) is 21.5. The van der Waals surface area contributed by atoms with Gasteiger partial charge in [0.05, 0.1) is 22.4 Å². The van der Waals surface area contributed by atoms with Gasteiger partial charge < -0.3 is 15.0 Å². The summed E-state index contributed by atoms with van der Waals surface area (Å²) in [7, 11) is 3.44. The average Bonchev–Trinajstić information content (AvgIpc) is 3.02. The number of ether oxygens (including phenoxy) is 1. The molecule has 2 saturated heterocycles. The highest BCUT2D eigenvalue weighted by Crippen LogP contribution is 2.38. The third kappa shape index (κ3) is 3.54. The fourth-order valence-electron chi connectivity index (χ4n) is 5.04. The van der Waals surface area contributed by atoms with Gasteiger partial charge in [0.15, 0.2) is 0 Å². The van der Waals surface area contributed by atoms with Gasteiger partial charge in [-0.05, 0) is 36.6 Å². The van der Waals surface area contributed by atoms with E-state index in [1.54, 1.807) is 34.2 Å². The van der Waals surface area contributed by atoms with Gasteiger partial charge in [-0.1, -0.05) is 30.3 Å². The number of benzene rings is 2. The van der Waals surface area contributed by atoms with E-state index in [4.69, 9.17) is 4.74 Å². The summed E-state index contributed by atoms with van der Waals surface area (Å²) >= 11 is 0. The quantitative estimate of drug-likeness (QED) is 0.662. The van der Waals surface area contributed by atoms with Crippen molar-refractivity contribution < 1.29 is 14.3 Å². The van der Waals surface area contributed by atoms with Gasteiger partial charge in [0.1, 0.15) is 0 Å². The molecule has 0 radical (unpaired) electrons. The van der Waals surface area contributed by atoms with E-state index in [1.807, 2.05) is 42.5 Å². The monoisotopic (exact) mass is 448 g/mol. The average molecular weight is 449 g/mol. The lowest BCUT2D eigenvalue weighted by atomic mass is 9.72. The first-order chi connectivity index (χ1) is 15.9. The number of nitrogens with zero attached hydrogens (tertiary/aromatic N) is 3. The molecule has 33 heavy (non-hydrogen) atoms. The Morgan fingerprint density at radius 3 is 2.33 bits per heavy atom. The van der Waals surface area contributed by atoms with E-state index in [-0.39, 0.29) is 23.4 Å². The van der Waals surface area contributed by atoms with E-state index < -0.39 is 5.41 Å². The SMILES string of the molecule is Cn1c(=O)n(C)c2cc(NC(=O)C3CN(C(=O)C4(c5ccccc5)CCOCC4)C3)ccc21. The molecule has 0 unspecified atom stereocenters. The largest absolute Gasteiger partial charge is 0.381 e. The zero-order valence-electron chi connectivity index (χ0n) is 18.9. The van der Waals surface area contributed by atoms with Gasteiger partial charge in [-0.2, -0.15) is 0 Å². The minimum absolute atomic E-state index is 0.0850. The fraction of sp³-hybridized carbons (Fsp3) is 0.400. The van der Waals surface area contributed by atoms with Gasteiger partial charge in [0.2, 0.25) is 11.8 Å². The van der Waals surface area contributed by atoms with Crippen molar-refractivity contribution in [3.05, 3.63) is 64.6 Å². The number of amides is 2. The molecular weight excluding hydrogens is 420 g/mol. The number of aryl methyl sites for hydroxylation is 2. The smallest absolute Gasteiger partial charge is 0.328 e. The van der Waals surface area contributed by atoms with Crippen LogP contribution in [0.25, 0.3) is 11.0 Å². The molecule has 0 bridgehead atoms. The molecule has 8 heteroatoms. The van der Waals surface area contributed by atoms with Gasteiger partial charge in [-0.15, -0.1) is 0 Å². The molecule has 3 aromatic rings. The lowest BCUT2D eigenvalue weighted by Gasteiger charge is -2.46. The predicted molar refractivity (Wildman–Crippen MR) is 125 cm³/mol. The Morgan fingerprint density at radius 1 is 0.970 bits per heavy atom. The highest BCUT2D eigenvalue weighted by molar-refractivity contribution is 5.97. The number of rotatable bonds is 4. The number of carbonyl (C=O) groups excluding carboxylic acids is 2. The van der Waals surface area contributed by atoms with Crippen molar-refractivity contribution in [3.8, 4) is 0 Å². The zero-order valence-corrected chi connectivity index (χ0v) is 18.9. The summed E-state index contributed by atoms with van der Waals surface area (Å²) in [5.41, 5.74) is 2.54. The number of hydrogen-bond donors (Lipinski definition) is 1. The molecule has 2 fully saturated rings. The molecule has 2 aromatic carbocycles. The van der Waals surface area contributed by atoms with E-state index in [0.29, 0.717) is 44.8 Å². The molecule has 1 N–H and O–H groups in total. The Bertz CT molecular complexity index is 1260. The third-order valence-corrected chi connectivity index (χ3v) is 7.16. The molecule has 0 saturated carbocycles. The van der Waals surface area contributed by atoms with Crippen molar-refractivity contribution in [2.45, 2.75) is 18.3 Å². The first-order valence-corrected chi connectivity index (χ1v) is 11.3. The lowest BCUT2D eigenvalue weighted by molar-refractivity contribution is -0.150. The zero-order chi connectivity index (χ0) is 23.2. The number of hydrogen-bond acceptors (Lipinski definition) is 4. The number of carbonyl (C=O) groups is 2. The molecule has 8 nitrogen and oxygen atoms in total. The summed E-state index contributed by atoms with van der Waals surface area (Å²) in [6.07, 6.45) is 1.30. The Hall–Kier alpha value is -3.39. The fourth-order valence-corrected chi connectivity index (χ4v) is 5.04. The van der Waals surface area contributed by atoms with Gasteiger partial charge in [0.25, 0.3) is 0 Å². The van der Waals surface area contributed by atoms with Crippen LogP contribution >= 0.6 is 0 Å². The maximum absolute atomic E-state index is 13.6. The normalized spacial score (nSPS) is 18.2. The second-order valence-corrected chi connectivity index (χ2v) is 9.06. The van der Waals surface area contributed by atoms with Crippen LogP contribution in [0.3, 0.4) is 0 Å². The minimum Gasteiger partial charge on any atom is -0.381 e. The maximum atomic E-state index is 13.6. The van der Waals surface area contributed by atoms with E-state index in [2.05, 4.69) is 5.32 Å². The van der Waals surface area contributed by atoms with E-state index in [1.165, 1.54) is 0 Å². The van der Waals surface area contributed by atoms with Gasteiger partial charge in [-0.3, -0.25) is 18.7 Å². The number of fused-ring (bicyclic) bond motifs is 1. The molecule has 3 heterocycles. The molecule has 1 aromatic heterocycles. The lowest BCUT2D eigenvalue weighted by Crippen LogP contribution is -2.60. The van der Waals surface area contributed by atoms with Gasteiger partial charge >= 0.3 is 5.69 Å². The van der Waals surface area contributed by atoms with Crippen LogP contribution in [0.15, 0.2) is 53.3 Å². The van der Waals surface area contributed by atoms with Crippen molar-refractivity contribution in [1.82, 2.24) is 14.0 Å². The second kappa shape index (κ2) is 8.19. The van der Waals surface area contributed by atoms with Gasteiger partial charge in [-0.25, -0.2) is 4.79 Å². The molecule has 0 atom stereocenters. The minimum atomic E-state index is -0.579. The predicted octanol–water partition coefficient (Wildman–Crippen LogP) is 2.02. The number of nitrogens with one attached hydrogen (secondary N) is 1. The third-order valence-electron chi connectivity index (χ3n) is 7.16. The van der Waals surface area contributed by atoms with E-state index in [0.717, 1.165) is 16.6 Å². The molecular formula is C25H28N4O4. The highest BCUT2D eigenvalue weighted by Gasteiger charge is 2.48. The number of aromatic nitrogens is 2. The van der Waals surface area contributed by atoms with Crippen LogP contribution in [0.2, 0.25) is 0 Å². The van der Waals surface area contributed by atoms with Crippen molar-refractivity contribution in [1.29, 1.82) is 0 Å². The number of imidazole rings is 1. The summed E-state index contributed by atoms with van der Waals surface area (Å²) in [4.78, 5) is 40.3. The summed E-state index contributed by atoms with van der Waals surface area (Å²) in [6, 6.07) is 15.3. The highest BCUT2D eigenvalue weighted by atomic mass is 16.5. The second-order valence-electron chi connectivity index (χ2n) is 9.06. The Kier molecular flexibility index (Phi) is 5.32. The standard InChI is InChI=1S/C25H28N4O4/c1-27-20-9-8-19(14-21(20)28(2)24(27)32)26-22(30)17-15-29(16-17)23(31)25(10-12-33-13-11-25)18-6-4-3-5-7-18/h3-9,14,17H,10-13,15-16H2,1-2H3,(H,26,30). The molecule has 2 amide bonds. The van der Waals surface area contributed by atoms with Crippen LogP contribution in [-0.4, -0.2) is 52.2 Å². The number of anilines is 1. The first-order valence-electron chi connectivity index (χ1n) is 11.3. The van der Waals surface area contributed by atoms with Crippen LogP contribution in [0.4, 0.5) is 5.69 Å². The van der Waals surface area contributed by atoms with Crippen molar-refractivity contribution in [2.75, 3.05) is 31.6 Å². The van der Waals surface area contributed by atoms with Crippen LogP contribution < -0.4 is 11.0 Å². The molecule has 0 spiro atoms. The van der Waals surface area contributed by atoms with E-state index in [9.17, 15) is 14.4 Å². The number of likely N-dealkylation sites (tertiary alicyclic amines) is 1. The summed E-state index contributed by atoms with van der Waals surface area (Å²) < 4.78 is 8.68. The van der Waals surface area contributed by atoms with Crippen LogP contribution in [-0.2, 0) is 33.8 Å². The van der Waals surface area contributed by atoms with Crippen LogP contribution in [0, 0.1) is 5.92 Å². The molecule has 2 aliphatic heterocycles. The van der Waals surface area contributed by atoms with Crippen molar-refractivity contribution in [3.63, 3.8) is 0 Å². The topological polar surface area (TPSA) is 85.6 Å². The van der Waals surface area contributed by atoms with Crippen LogP contribution in [0.1, 0.15) is 18.4 Å². The Morgan fingerprint density at radius 2 is 1.64 bits per heavy atom. The molecule has 0 aliphatic carbocycles. The summed E-state index contributed by atoms with van der Waals surface area (Å²) in [5, 5.41) is 2.95. The molecule has 5 rings (SSSR count). The van der Waals surface area contributed by atoms with Crippen LogP contribution in [0.5, 0.6) is 0 Å². The maximum Gasteiger partial charge on any atom is 0.328 e.